The second kappa shape index (κ2) is 7.33. The third-order valence-electron chi connectivity index (χ3n) is 3.39. The normalized spacial score (nSPS) is 14.4. The minimum Gasteiger partial charge on any atom is -0.497 e. The van der Waals surface area contributed by atoms with Crippen LogP contribution >= 0.6 is 0 Å². The Labute approximate surface area is 105 Å². The average Bonchev–Trinajstić information content (AvgIpc) is 2.37. The summed E-state index contributed by atoms with van der Waals surface area (Å²) in [5.41, 5.74) is 1.34. The van der Waals surface area contributed by atoms with Crippen molar-refractivity contribution in [2.24, 2.45) is 5.92 Å². The molecule has 1 aromatic carbocycles. The van der Waals surface area contributed by atoms with Crippen LogP contribution in [0.4, 0.5) is 0 Å². The van der Waals surface area contributed by atoms with E-state index in [-0.39, 0.29) is 0 Å². The van der Waals surface area contributed by atoms with Crippen molar-refractivity contribution >= 4 is 0 Å². The Morgan fingerprint density at radius 2 is 2.06 bits per heavy atom. The second-order valence-corrected chi connectivity index (χ2v) is 4.61. The van der Waals surface area contributed by atoms with Crippen LogP contribution in [0.25, 0.3) is 0 Å². The minimum absolute atomic E-state index is 0.553. The van der Waals surface area contributed by atoms with Gasteiger partial charge >= 0.3 is 0 Å². The van der Waals surface area contributed by atoms with Crippen molar-refractivity contribution in [2.75, 3.05) is 13.7 Å². The molecule has 2 atom stereocenters. The van der Waals surface area contributed by atoms with Crippen molar-refractivity contribution < 1.29 is 4.74 Å². The molecule has 0 saturated heterocycles. The summed E-state index contributed by atoms with van der Waals surface area (Å²) in [4.78, 5) is 0. The molecule has 0 aromatic heterocycles. The van der Waals surface area contributed by atoms with Crippen LogP contribution < -0.4 is 10.1 Å². The quantitative estimate of drug-likeness (QED) is 0.783. The van der Waals surface area contributed by atoms with Gasteiger partial charge in [-0.2, -0.15) is 0 Å². The Balaban J connectivity index is 2.70. The summed E-state index contributed by atoms with van der Waals surface area (Å²) in [5, 5.41) is 3.58. The van der Waals surface area contributed by atoms with Gasteiger partial charge in [0.25, 0.3) is 0 Å². The van der Waals surface area contributed by atoms with E-state index in [9.17, 15) is 0 Å². The fourth-order valence-corrected chi connectivity index (χ4v) is 2.07. The van der Waals surface area contributed by atoms with Crippen molar-refractivity contribution in [3.8, 4) is 5.75 Å². The first-order valence-corrected chi connectivity index (χ1v) is 6.57. The summed E-state index contributed by atoms with van der Waals surface area (Å²) >= 11 is 0. The van der Waals surface area contributed by atoms with E-state index in [0.29, 0.717) is 12.0 Å². The Morgan fingerprint density at radius 1 is 1.29 bits per heavy atom. The molecule has 0 fully saturated rings. The molecular weight excluding hydrogens is 210 g/mol. The van der Waals surface area contributed by atoms with E-state index in [1.54, 1.807) is 7.11 Å². The summed E-state index contributed by atoms with van der Waals surface area (Å²) in [6, 6.07) is 8.92. The molecule has 1 rings (SSSR count). The molecule has 2 nitrogen and oxygen atoms in total. The summed E-state index contributed by atoms with van der Waals surface area (Å²) < 4.78 is 5.26. The zero-order chi connectivity index (χ0) is 12.7. The molecule has 0 aliphatic rings. The molecule has 0 radical (unpaired) electrons. The maximum Gasteiger partial charge on any atom is 0.119 e. The van der Waals surface area contributed by atoms with Gasteiger partial charge in [-0.3, -0.25) is 0 Å². The molecule has 2 unspecified atom stereocenters. The SMILES string of the molecule is CCNC(Cc1cccc(OC)c1)C(C)CC. The molecule has 0 bridgehead atoms. The van der Waals surface area contributed by atoms with Gasteiger partial charge in [0.1, 0.15) is 5.75 Å². The van der Waals surface area contributed by atoms with Gasteiger partial charge < -0.3 is 10.1 Å². The predicted octanol–water partition coefficient (Wildman–Crippen LogP) is 3.26. The average molecular weight is 235 g/mol. The van der Waals surface area contributed by atoms with Crippen molar-refractivity contribution in [3.05, 3.63) is 29.8 Å². The van der Waals surface area contributed by atoms with Gasteiger partial charge in [0.05, 0.1) is 7.11 Å². The van der Waals surface area contributed by atoms with E-state index in [4.69, 9.17) is 4.74 Å². The number of hydrogen-bond donors (Lipinski definition) is 1. The highest BCUT2D eigenvalue weighted by Crippen LogP contribution is 2.17. The molecule has 2 heteroatoms. The molecule has 0 saturated carbocycles. The Morgan fingerprint density at radius 3 is 2.65 bits per heavy atom. The highest BCUT2D eigenvalue weighted by molar-refractivity contribution is 5.29. The number of hydrogen-bond acceptors (Lipinski definition) is 2. The zero-order valence-corrected chi connectivity index (χ0v) is 11.5. The number of ether oxygens (including phenoxy) is 1. The van der Waals surface area contributed by atoms with Crippen LogP contribution in [0.1, 0.15) is 32.8 Å². The van der Waals surface area contributed by atoms with Crippen molar-refractivity contribution in [2.45, 2.75) is 39.7 Å². The first-order chi connectivity index (χ1) is 8.21. The third-order valence-corrected chi connectivity index (χ3v) is 3.39. The lowest BCUT2D eigenvalue weighted by molar-refractivity contribution is 0.370. The molecule has 1 N–H and O–H groups in total. The maximum absolute atomic E-state index is 5.26. The number of likely N-dealkylation sites (N-methyl/N-ethyl adjacent to an activating group) is 1. The van der Waals surface area contributed by atoms with Gasteiger partial charge in [-0.05, 0) is 36.6 Å². The van der Waals surface area contributed by atoms with Crippen LogP contribution in [0.5, 0.6) is 5.75 Å². The minimum atomic E-state index is 0.553. The number of benzene rings is 1. The lowest BCUT2D eigenvalue weighted by atomic mass is 9.93. The van der Waals surface area contributed by atoms with E-state index < -0.39 is 0 Å². The van der Waals surface area contributed by atoms with Crippen molar-refractivity contribution in [1.29, 1.82) is 0 Å². The van der Waals surface area contributed by atoms with E-state index in [0.717, 1.165) is 18.7 Å². The molecule has 17 heavy (non-hydrogen) atoms. The molecule has 0 spiro atoms. The van der Waals surface area contributed by atoms with Gasteiger partial charge in [-0.15, -0.1) is 0 Å². The van der Waals surface area contributed by atoms with Crippen LogP contribution in [-0.2, 0) is 6.42 Å². The summed E-state index contributed by atoms with van der Waals surface area (Å²) in [6.45, 7) is 7.76. The summed E-state index contributed by atoms with van der Waals surface area (Å²) in [6.07, 6.45) is 2.28. The lowest BCUT2D eigenvalue weighted by Crippen LogP contribution is -2.36. The fourth-order valence-electron chi connectivity index (χ4n) is 2.07. The Hall–Kier alpha value is -1.02. The van der Waals surface area contributed by atoms with Gasteiger partial charge in [0.15, 0.2) is 0 Å². The van der Waals surface area contributed by atoms with Crippen LogP contribution in [0.15, 0.2) is 24.3 Å². The van der Waals surface area contributed by atoms with E-state index in [1.165, 1.54) is 12.0 Å². The van der Waals surface area contributed by atoms with E-state index in [2.05, 4.69) is 44.3 Å². The molecule has 96 valence electrons. The highest BCUT2D eigenvalue weighted by atomic mass is 16.5. The molecule has 0 heterocycles. The topological polar surface area (TPSA) is 21.3 Å². The maximum atomic E-state index is 5.26. The van der Waals surface area contributed by atoms with E-state index in [1.807, 2.05) is 6.07 Å². The van der Waals surface area contributed by atoms with Crippen molar-refractivity contribution in [3.63, 3.8) is 0 Å². The van der Waals surface area contributed by atoms with Gasteiger partial charge in [0.2, 0.25) is 0 Å². The fraction of sp³-hybridized carbons (Fsp3) is 0.600. The summed E-state index contributed by atoms with van der Waals surface area (Å²) in [5.74, 6) is 1.64. The molecule has 0 aliphatic carbocycles. The smallest absolute Gasteiger partial charge is 0.119 e. The largest absolute Gasteiger partial charge is 0.497 e. The highest BCUT2D eigenvalue weighted by Gasteiger charge is 2.15. The summed E-state index contributed by atoms with van der Waals surface area (Å²) in [7, 11) is 1.72. The van der Waals surface area contributed by atoms with Gasteiger partial charge in [-0.25, -0.2) is 0 Å². The van der Waals surface area contributed by atoms with Crippen LogP contribution in [0.3, 0.4) is 0 Å². The second-order valence-electron chi connectivity index (χ2n) is 4.61. The number of methoxy groups -OCH3 is 1. The molecule has 1 aromatic rings. The lowest BCUT2D eigenvalue weighted by Gasteiger charge is -2.24. The first kappa shape index (κ1) is 14.0. The van der Waals surface area contributed by atoms with Crippen molar-refractivity contribution in [1.82, 2.24) is 5.32 Å². The Bertz CT molecular complexity index is 324. The number of nitrogens with one attached hydrogen (secondary N) is 1. The molecule has 0 amide bonds. The van der Waals surface area contributed by atoms with E-state index >= 15 is 0 Å². The third kappa shape index (κ3) is 4.39. The van der Waals surface area contributed by atoms with Gasteiger partial charge in [0, 0.05) is 6.04 Å². The van der Waals surface area contributed by atoms with Gasteiger partial charge in [-0.1, -0.05) is 39.3 Å². The van der Waals surface area contributed by atoms with Crippen LogP contribution in [0.2, 0.25) is 0 Å². The van der Waals surface area contributed by atoms with Crippen LogP contribution in [-0.4, -0.2) is 19.7 Å². The molecular formula is C15H25NO. The Kier molecular flexibility index (Phi) is 6.06. The standard InChI is InChI=1S/C15H25NO/c1-5-12(3)15(16-6-2)11-13-8-7-9-14(10-13)17-4/h7-10,12,15-16H,5-6,11H2,1-4H3. The number of rotatable bonds is 7. The first-order valence-electron chi connectivity index (χ1n) is 6.57. The van der Waals surface area contributed by atoms with Crippen LogP contribution in [0, 0.1) is 5.92 Å². The predicted molar refractivity (Wildman–Crippen MR) is 73.6 cm³/mol. The zero-order valence-electron chi connectivity index (χ0n) is 11.5. The molecule has 0 aliphatic heterocycles. The monoisotopic (exact) mass is 235 g/mol.